The Balaban J connectivity index is 1.47. The molecule has 0 saturated heterocycles. The van der Waals surface area contributed by atoms with Gasteiger partial charge in [0.15, 0.2) is 5.65 Å². The molecule has 0 fully saturated rings. The van der Waals surface area contributed by atoms with Crippen LogP contribution in [0, 0.1) is 0 Å². The molecule has 2 aromatic heterocycles. The van der Waals surface area contributed by atoms with E-state index < -0.39 is 9.84 Å². The molecule has 158 valence electrons. The highest BCUT2D eigenvalue weighted by atomic mass is 32.2. The number of rotatable bonds is 7. The topological polar surface area (TPSA) is 114 Å². The first-order valence-electron chi connectivity index (χ1n) is 9.62. The molecule has 2 heterocycles. The Kier molecular flexibility index (Phi) is 5.68. The van der Waals surface area contributed by atoms with Gasteiger partial charge in [-0.3, -0.25) is 9.89 Å². The lowest BCUT2D eigenvalue weighted by atomic mass is 10.2. The number of amides is 1. The molecule has 31 heavy (non-hydrogen) atoms. The van der Waals surface area contributed by atoms with Crippen LogP contribution in [0.1, 0.15) is 22.8 Å². The number of hydrogen-bond acceptors (Lipinski definition) is 6. The zero-order valence-electron chi connectivity index (χ0n) is 16.7. The van der Waals surface area contributed by atoms with Crippen molar-refractivity contribution in [1.29, 1.82) is 0 Å². The number of ether oxygens (including phenoxy) is 1. The average molecular weight is 436 g/mol. The van der Waals surface area contributed by atoms with E-state index in [9.17, 15) is 13.2 Å². The SMILES string of the molecule is CCOc1ccccc1S(=O)(=O)c1ccc(CNC(=O)c2cnc3[nH]ncc3c2)cc1. The van der Waals surface area contributed by atoms with E-state index >= 15 is 0 Å². The van der Waals surface area contributed by atoms with Crippen LogP contribution < -0.4 is 10.1 Å². The molecule has 0 unspecified atom stereocenters. The molecule has 0 atom stereocenters. The number of carbonyl (C=O) groups is 1. The maximum absolute atomic E-state index is 13.0. The van der Waals surface area contributed by atoms with E-state index in [4.69, 9.17) is 4.74 Å². The number of carbonyl (C=O) groups excluding carboxylic acids is 1. The van der Waals surface area contributed by atoms with Crippen LogP contribution in [0.2, 0.25) is 0 Å². The summed E-state index contributed by atoms with van der Waals surface area (Å²) in [5, 5.41) is 10.2. The summed E-state index contributed by atoms with van der Waals surface area (Å²) in [7, 11) is -3.73. The van der Waals surface area contributed by atoms with E-state index in [0.29, 0.717) is 23.6 Å². The lowest BCUT2D eigenvalue weighted by Crippen LogP contribution is -2.22. The van der Waals surface area contributed by atoms with Crippen molar-refractivity contribution in [3.05, 3.63) is 78.1 Å². The summed E-state index contributed by atoms with van der Waals surface area (Å²) in [6, 6.07) is 14.7. The molecule has 0 spiro atoms. The quantitative estimate of drug-likeness (QED) is 0.460. The minimum atomic E-state index is -3.73. The molecule has 4 rings (SSSR count). The zero-order chi connectivity index (χ0) is 21.8. The van der Waals surface area contributed by atoms with Crippen LogP contribution in [0.4, 0.5) is 0 Å². The number of nitrogens with zero attached hydrogens (tertiary/aromatic N) is 2. The Labute approximate surface area is 179 Å². The lowest BCUT2D eigenvalue weighted by molar-refractivity contribution is 0.0950. The summed E-state index contributed by atoms with van der Waals surface area (Å²) >= 11 is 0. The minimum Gasteiger partial charge on any atom is -0.493 e. The van der Waals surface area contributed by atoms with Crippen molar-refractivity contribution in [3.8, 4) is 5.75 Å². The van der Waals surface area contributed by atoms with E-state index in [2.05, 4.69) is 20.5 Å². The van der Waals surface area contributed by atoms with Gasteiger partial charge in [-0.1, -0.05) is 24.3 Å². The van der Waals surface area contributed by atoms with Crippen molar-refractivity contribution in [2.45, 2.75) is 23.3 Å². The summed E-state index contributed by atoms with van der Waals surface area (Å²) < 4.78 is 31.5. The Morgan fingerprint density at radius 1 is 1.10 bits per heavy atom. The maximum Gasteiger partial charge on any atom is 0.253 e. The van der Waals surface area contributed by atoms with Crippen LogP contribution in [-0.2, 0) is 16.4 Å². The molecule has 9 heteroatoms. The fourth-order valence-electron chi connectivity index (χ4n) is 3.11. The molecule has 1 amide bonds. The number of fused-ring (bicyclic) bond motifs is 1. The Morgan fingerprint density at radius 2 is 1.87 bits per heavy atom. The average Bonchev–Trinajstić information content (AvgIpc) is 3.26. The van der Waals surface area contributed by atoms with E-state index in [0.717, 1.165) is 10.9 Å². The molecule has 4 aromatic rings. The summed E-state index contributed by atoms with van der Waals surface area (Å²) in [6.45, 7) is 2.42. The molecule has 0 aliphatic carbocycles. The van der Waals surface area contributed by atoms with Gasteiger partial charge in [0.05, 0.1) is 23.3 Å². The summed E-state index contributed by atoms with van der Waals surface area (Å²) in [6.07, 6.45) is 3.07. The van der Waals surface area contributed by atoms with Crippen molar-refractivity contribution in [3.63, 3.8) is 0 Å². The number of aromatic amines is 1. The number of sulfone groups is 1. The second kappa shape index (κ2) is 8.57. The van der Waals surface area contributed by atoms with Gasteiger partial charge in [0.2, 0.25) is 9.84 Å². The third-order valence-corrected chi connectivity index (χ3v) is 6.49. The van der Waals surface area contributed by atoms with Gasteiger partial charge >= 0.3 is 0 Å². The molecule has 0 radical (unpaired) electrons. The lowest BCUT2D eigenvalue weighted by Gasteiger charge is -2.11. The zero-order valence-corrected chi connectivity index (χ0v) is 17.5. The predicted octanol–water partition coefficient (Wildman–Crippen LogP) is 3.12. The van der Waals surface area contributed by atoms with Crippen LogP contribution in [0.3, 0.4) is 0 Å². The number of aromatic nitrogens is 3. The van der Waals surface area contributed by atoms with Gasteiger partial charge < -0.3 is 10.1 Å². The van der Waals surface area contributed by atoms with Gasteiger partial charge in [0.25, 0.3) is 5.91 Å². The molecule has 0 bridgehead atoms. The summed E-state index contributed by atoms with van der Waals surface area (Å²) in [5.74, 6) is 0.0440. The number of benzene rings is 2. The van der Waals surface area contributed by atoms with Crippen LogP contribution in [-0.4, -0.2) is 36.1 Å². The van der Waals surface area contributed by atoms with Crippen LogP contribution >= 0.6 is 0 Å². The fourth-order valence-corrected chi connectivity index (χ4v) is 4.50. The van der Waals surface area contributed by atoms with Gasteiger partial charge in [-0.2, -0.15) is 5.10 Å². The summed E-state index contributed by atoms with van der Waals surface area (Å²) in [5.41, 5.74) is 1.79. The van der Waals surface area contributed by atoms with Crippen LogP contribution in [0.15, 0.2) is 76.8 Å². The number of pyridine rings is 1. The molecule has 0 saturated carbocycles. The van der Waals surface area contributed by atoms with Crippen LogP contribution in [0.5, 0.6) is 5.75 Å². The third kappa shape index (κ3) is 4.26. The molecule has 0 aliphatic heterocycles. The summed E-state index contributed by atoms with van der Waals surface area (Å²) in [4.78, 5) is 16.8. The predicted molar refractivity (Wildman–Crippen MR) is 115 cm³/mol. The van der Waals surface area contributed by atoms with Gasteiger partial charge in [-0.05, 0) is 42.8 Å². The highest BCUT2D eigenvalue weighted by Crippen LogP contribution is 2.29. The first-order valence-corrected chi connectivity index (χ1v) is 11.1. The molecule has 2 aromatic carbocycles. The van der Waals surface area contributed by atoms with Crippen molar-refractivity contribution in [2.24, 2.45) is 0 Å². The van der Waals surface area contributed by atoms with Crippen molar-refractivity contribution in [2.75, 3.05) is 6.61 Å². The molecule has 2 N–H and O–H groups in total. The van der Waals surface area contributed by atoms with Crippen molar-refractivity contribution >= 4 is 26.8 Å². The first kappa shape index (κ1) is 20.5. The van der Waals surface area contributed by atoms with Crippen molar-refractivity contribution < 1.29 is 17.9 Å². The number of hydrogen-bond donors (Lipinski definition) is 2. The second-order valence-corrected chi connectivity index (χ2v) is 8.66. The number of para-hydroxylation sites is 1. The van der Waals surface area contributed by atoms with Crippen LogP contribution in [0.25, 0.3) is 11.0 Å². The largest absolute Gasteiger partial charge is 0.493 e. The maximum atomic E-state index is 13.0. The molecule has 0 aliphatic rings. The van der Waals surface area contributed by atoms with E-state index in [1.807, 2.05) is 0 Å². The third-order valence-electron chi connectivity index (χ3n) is 4.68. The van der Waals surface area contributed by atoms with E-state index in [-0.39, 0.29) is 22.2 Å². The monoisotopic (exact) mass is 436 g/mol. The second-order valence-electron chi connectivity index (χ2n) is 6.74. The highest BCUT2D eigenvalue weighted by molar-refractivity contribution is 7.91. The standard InChI is InChI=1S/C22H20N4O4S/c1-2-30-19-5-3-4-6-20(19)31(28,29)18-9-7-15(8-10-18)12-24-22(27)17-11-16-14-25-26-21(16)23-13-17/h3-11,13-14H,2,12H2,1H3,(H,24,27)(H,23,25,26). The van der Waals surface area contributed by atoms with Gasteiger partial charge in [0, 0.05) is 18.1 Å². The number of H-pyrrole nitrogens is 1. The normalized spacial score (nSPS) is 11.4. The van der Waals surface area contributed by atoms with Crippen molar-refractivity contribution in [1.82, 2.24) is 20.5 Å². The van der Waals surface area contributed by atoms with Gasteiger partial charge in [-0.15, -0.1) is 0 Å². The Morgan fingerprint density at radius 3 is 2.65 bits per heavy atom. The van der Waals surface area contributed by atoms with E-state index in [1.54, 1.807) is 49.5 Å². The fraction of sp³-hybridized carbons (Fsp3) is 0.136. The minimum absolute atomic E-state index is 0.125. The first-order chi connectivity index (χ1) is 15.0. The van der Waals surface area contributed by atoms with Gasteiger partial charge in [0.1, 0.15) is 10.6 Å². The Hall–Kier alpha value is -3.72. The molecular weight excluding hydrogens is 416 g/mol. The highest BCUT2D eigenvalue weighted by Gasteiger charge is 2.22. The Bertz CT molecular complexity index is 1330. The molecule has 8 nitrogen and oxygen atoms in total. The number of nitrogens with one attached hydrogen (secondary N) is 2. The van der Waals surface area contributed by atoms with Gasteiger partial charge in [-0.25, -0.2) is 13.4 Å². The van der Waals surface area contributed by atoms with E-state index in [1.165, 1.54) is 24.4 Å². The molecular formula is C22H20N4O4S. The smallest absolute Gasteiger partial charge is 0.253 e.